The zero-order valence-electron chi connectivity index (χ0n) is 15.9. The van der Waals surface area contributed by atoms with E-state index < -0.39 is 11.9 Å². The second-order valence-corrected chi connectivity index (χ2v) is 7.20. The minimum atomic E-state index is -0.804. The van der Waals surface area contributed by atoms with Gasteiger partial charge in [-0.15, -0.1) is 0 Å². The molecule has 0 saturated carbocycles. The molecule has 3 N–H and O–H groups in total. The third-order valence-corrected chi connectivity index (χ3v) is 5.12. The summed E-state index contributed by atoms with van der Waals surface area (Å²) in [5, 5.41) is 7.00. The minimum absolute atomic E-state index is 0.317. The van der Waals surface area contributed by atoms with Crippen LogP contribution in [0, 0.1) is 0 Å². The first-order valence-electron chi connectivity index (χ1n) is 9.43. The molecule has 2 heterocycles. The maximum absolute atomic E-state index is 13.0. The molecule has 6 nitrogen and oxygen atoms in total. The van der Waals surface area contributed by atoms with Crippen LogP contribution >= 0.6 is 11.6 Å². The van der Waals surface area contributed by atoms with Crippen molar-refractivity contribution in [1.29, 1.82) is 0 Å². The molecule has 7 heteroatoms. The van der Waals surface area contributed by atoms with Crippen molar-refractivity contribution in [3.8, 4) is 0 Å². The van der Waals surface area contributed by atoms with Gasteiger partial charge in [0.15, 0.2) is 0 Å². The van der Waals surface area contributed by atoms with Crippen molar-refractivity contribution in [2.45, 2.75) is 12.5 Å². The van der Waals surface area contributed by atoms with Gasteiger partial charge in [-0.3, -0.25) is 14.6 Å². The van der Waals surface area contributed by atoms with Gasteiger partial charge >= 0.3 is 0 Å². The zero-order valence-corrected chi connectivity index (χ0v) is 16.7. The third-order valence-electron chi connectivity index (χ3n) is 4.79. The largest absolute Gasteiger partial charge is 0.361 e. The number of nitrogens with zero attached hydrogens (tertiary/aromatic N) is 1. The van der Waals surface area contributed by atoms with Crippen LogP contribution in [0.2, 0.25) is 5.02 Å². The van der Waals surface area contributed by atoms with Gasteiger partial charge in [-0.2, -0.15) is 0 Å². The molecule has 0 aliphatic carbocycles. The van der Waals surface area contributed by atoms with E-state index >= 15 is 0 Å². The number of fused-ring (bicyclic) bond motifs is 1. The number of H-pyrrole nitrogens is 1. The number of nitrogens with one attached hydrogen (secondary N) is 3. The number of hydrogen-bond acceptors (Lipinski definition) is 3. The van der Waals surface area contributed by atoms with E-state index in [0.29, 0.717) is 22.7 Å². The van der Waals surface area contributed by atoms with Crippen molar-refractivity contribution >= 4 is 40.0 Å². The van der Waals surface area contributed by atoms with Gasteiger partial charge in [-0.25, -0.2) is 0 Å². The number of halogens is 1. The van der Waals surface area contributed by atoms with Crippen LogP contribution in [0.15, 0.2) is 79.3 Å². The molecule has 0 bridgehead atoms. The summed E-state index contributed by atoms with van der Waals surface area (Å²) < 4.78 is 0. The molecule has 4 aromatic rings. The molecule has 1 unspecified atom stereocenters. The monoisotopic (exact) mass is 418 g/mol. The number of aromatic nitrogens is 2. The Hall–Kier alpha value is -3.64. The van der Waals surface area contributed by atoms with Crippen molar-refractivity contribution in [3.63, 3.8) is 0 Å². The SMILES string of the molecule is O=C(NC(Cc1c[nH]c2ccccc12)C(=O)Nc1ccncc1)c1ccccc1Cl. The third kappa shape index (κ3) is 4.34. The number of para-hydroxylation sites is 1. The summed E-state index contributed by atoms with van der Waals surface area (Å²) in [5.74, 6) is -0.734. The van der Waals surface area contributed by atoms with E-state index in [1.165, 1.54) is 0 Å². The molecule has 4 rings (SSSR count). The van der Waals surface area contributed by atoms with Gasteiger partial charge in [-0.1, -0.05) is 41.9 Å². The first-order chi connectivity index (χ1) is 14.6. The number of benzene rings is 2. The van der Waals surface area contributed by atoms with Gasteiger partial charge in [0.05, 0.1) is 10.6 Å². The molecule has 0 fully saturated rings. The average molecular weight is 419 g/mol. The number of pyridine rings is 1. The molecule has 0 spiro atoms. The Morgan fingerprint density at radius 2 is 1.73 bits per heavy atom. The van der Waals surface area contributed by atoms with Crippen molar-refractivity contribution in [1.82, 2.24) is 15.3 Å². The van der Waals surface area contributed by atoms with Crippen LogP contribution in [-0.4, -0.2) is 27.8 Å². The highest BCUT2D eigenvalue weighted by atomic mass is 35.5. The number of rotatable bonds is 6. The van der Waals surface area contributed by atoms with E-state index in [1.807, 2.05) is 30.5 Å². The Balaban J connectivity index is 1.61. The van der Waals surface area contributed by atoms with Crippen molar-refractivity contribution < 1.29 is 9.59 Å². The van der Waals surface area contributed by atoms with Gasteiger partial charge in [0.1, 0.15) is 6.04 Å². The minimum Gasteiger partial charge on any atom is -0.361 e. The Labute approximate surface area is 178 Å². The Kier molecular flexibility index (Phi) is 5.77. The lowest BCUT2D eigenvalue weighted by Crippen LogP contribution is -2.45. The van der Waals surface area contributed by atoms with Crippen molar-refractivity contribution in [2.75, 3.05) is 5.32 Å². The summed E-state index contributed by atoms with van der Waals surface area (Å²) in [4.78, 5) is 33.0. The quantitative estimate of drug-likeness (QED) is 0.438. The number of aromatic amines is 1. The number of carbonyl (C=O) groups is 2. The molecule has 2 aromatic carbocycles. The molecule has 0 saturated heterocycles. The van der Waals surface area contributed by atoms with Crippen molar-refractivity contribution in [3.05, 3.63) is 95.4 Å². The fraction of sp³-hybridized carbons (Fsp3) is 0.0870. The number of hydrogen-bond donors (Lipinski definition) is 3. The summed E-state index contributed by atoms with van der Waals surface area (Å²) >= 11 is 6.16. The normalized spacial score (nSPS) is 11.8. The van der Waals surface area contributed by atoms with E-state index in [9.17, 15) is 9.59 Å². The van der Waals surface area contributed by atoms with Gasteiger partial charge in [0.25, 0.3) is 5.91 Å². The summed E-state index contributed by atoms with van der Waals surface area (Å²) in [7, 11) is 0. The molecule has 2 aromatic heterocycles. The first-order valence-corrected chi connectivity index (χ1v) is 9.81. The fourth-order valence-electron chi connectivity index (χ4n) is 3.28. The number of carbonyl (C=O) groups excluding carboxylic acids is 2. The molecule has 150 valence electrons. The first kappa shape index (κ1) is 19.7. The predicted octanol–water partition coefficient (Wildman–Crippen LogP) is 4.20. The van der Waals surface area contributed by atoms with E-state index in [0.717, 1.165) is 16.5 Å². The molecular weight excluding hydrogens is 400 g/mol. The van der Waals surface area contributed by atoms with Crippen LogP contribution in [0.25, 0.3) is 10.9 Å². The Morgan fingerprint density at radius 1 is 1.00 bits per heavy atom. The fourth-order valence-corrected chi connectivity index (χ4v) is 3.50. The average Bonchev–Trinajstić information content (AvgIpc) is 3.17. The van der Waals surface area contributed by atoms with E-state index in [-0.39, 0.29) is 5.91 Å². The second-order valence-electron chi connectivity index (χ2n) is 6.79. The highest BCUT2D eigenvalue weighted by molar-refractivity contribution is 6.33. The van der Waals surface area contributed by atoms with E-state index in [1.54, 1.807) is 48.8 Å². The maximum Gasteiger partial charge on any atom is 0.253 e. The van der Waals surface area contributed by atoms with Crippen LogP contribution in [0.3, 0.4) is 0 Å². The molecule has 0 aliphatic rings. The Bertz CT molecular complexity index is 1190. The van der Waals surface area contributed by atoms with Crippen LogP contribution in [0.4, 0.5) is 5.69 Å². The molecule has 1 atom stereocenters. The standard InChI is InChI=1S/C23H19ClN4O2/c24-19-7-3-1-6-18(19)22(29)28-21(23(30)27-16-9-11-25-12-10-16)13-15-14-26-20-8-4-2-5-17(15)20/h1-12,14,21,26H,13H2,(H,28,29)(H,25,27,30). The lowest BCUT2D eigenvalue weighted by atomic mass is 10.0. The zero-order chi connectivity index (χ0) is 20.9. The van der Waals surface area contributed by atoms with Gasteiger partial charge in [0.2, 0.25) is 5.91 Å². The smallest absolute Gasteiger partial charge is 0.253 e. The second kappa shape index (κ2) is 8.80. The van der Waals surface area contributed by atoms with Crippen LogP contribution in [0.1, 0.15) is 15.9 Å². The topological polar surface area (TPSA) is 86.9 Å². The van der Waals surface area contributed by atoms with Gasteiger partial charge in [0, 0.05) is 41.6 Å². The summed E-state index contributed by atoms with van der Waals surface area (Å²) in [5.41, 5.74) is 2.82. The maximum atomic E-state index is 13.0. The molecule has 0 aliphatic heterocycles. The van der Waals surface area contributed by atoms with Gasteiger partial charge in [-0.05, 0) is 35.9 Å². The summed E-state index contributed by atoms with van der Waals surface area (Å²) in [6.45, 7) is 0. The molecule has 30 heavy (non-hydrogen) atoms. The summed E-state index contributed by atoms with van der Waals surface area (Å²) in [6, 6.07) is 17.1. The van der Waals surface area contributed by atoms with Crippen molar-refractivity contribution in [2.24, 2.45) is 0 Å². The lowest BCUT2D eigenvalue weighted by Gasteiger charge is -2.19. The predicted molar refractivity (Wildman–Crippen MR) is 118 cm³/mol. The van der Waals surface area contributed by atoms with Crippen LogP contribution in [-0.2, 0) is 11.2 Å². The highest BCUT2D eigenvalue weighted by Crippen LogP contribution is 2.20. The van der Waals surface area contributed by atoms with Gasteiger partial charge < -0.3 is 15.6 Å². The van der Waals surface area contributed by atoms with E-state index in [2.05, 4.69) is 20.6 Å². The van der Waals surface area contributed by atoms with Crippen LogP contribution < -0.4 is 10.6 Å². The molecular formula is C23H19ClN4O2. The Morgan fingerprint density at radius 3 is 2.53 bits per heavy atom. The summed E-state index contributed by atoms with van der Waals surface area (Å²) in [6.07, 6.45) is 5.36. The van der Waals surface area contributed by atoms with E-state index in [4.69, 9.17) is 11.6 Å². The molecule has 2 amide bonds. The molecule has 0 radical (unpaired) electrons. The number of anilines is 1. The highest BCUT2D eigenvalue weighted by Gasteiger charge is 2.24. The van der Waals surface area contributed by atoms with Crippen LogP contribution in [0.5, 0.6) is 0 Å². The lowest BCUT2D eigenvalue weighted by molar-refractivity contribution is -0.118. The number of amides is 2.